The quantitative estimate of drug-likeness (QED) is 0.397. The molecule has 7 heteroatoms. The van der Waals surface area contributed by atoms with Crippen molar-refractivity contribution in [2.24, 2.45) is 0 Å². The molecule has 0 saturated carbocycles. The third-order valence-corrected chi connectivity index (χ3v) is 1.04. The fraction of sp³-hybridized carbons (Fsp3) is 0.600. The van der Waals surface area contributed by atoms with Gasteiger partial charge in [-0.25, -0.2) is 0 Å². The molecule has 0 aromatic rings. The second kappa shape index (κ2) is 5.92. The average Bonchev–Trinajstić information content (AvgIpc) is 1.96. The largest absolute Gasteiger partial charge is 0.392 e. The number of aliphatic hydroxyl groups excluding tert-OH is 1. The van der Waals surface area contributed by atoms with Crippen LogP contribution >= 0.6 is 0 Å². The SMILES string of the molecule is OC/C=C/C(CN(F)F)N(F)F. The van der Waals surface area contributed by atoms with E-state index in [0.29, 0.717) is 0 Å². The third-order valence-electron chi connectivity index (χ3n) is 1.04. The van der Waals surface area contributed by atoms with Gasteiger partial charge < -0.3 is 5.11 Å². The highest BCUT2D eigenvalue weighted by atomic mass is 19.4. The van der Waals surface area contributed by atoms with Gasteiger partial charge in [0.25, 0.3) is 0 Å². The number of aliphatic hydroxyl groups is 1. The van der Waals surface area contributed by atoms with E-state index in [9.17, 15) is 17.9 Å². The maximum Gasteiger partial charge on any atom is 0.109 e. The molecule has 3 nitrogen and oxygen atoms in total. The van der Waals surface area contributed by atoms with E-state index in [1.165, 1.54) is 0 Å². The zero-order valence-corrected chi connectivity index (χ0v) is 6.00. The van der Waals surface area contributed by atoms with Gasteiger partial charge in [-0.15, -0.1) is 17.9 Å². The summed E-state index contributed by atoms with van der Waals surface area (Å²) >= 11 is 0. The van der Waals surface area contributed by atoms with Crippen molar-refractivity contribution in [2.45, 2.75) is 6.04 Å². The Labute approximate surface area is 66.2 Å². The van der Waals surface area contributed by atoms with Crippen LogP contribution in [-0.4, -0.2) is 35.0 Å². The Hall–Kier alpha value is -0.660. The van der Waals surface area contributed by atoms with E-state index in [0.717, 1.165) is 12.2 Å². The highest BCUT2D eigenvalue weighted by Crippen LogP contribution is 2.06. The lowest BCUT2D eigenvalue weighted by molar-refractivity contribution is -0.219. The molecule has 0 rings (SSSR count). The van der Waals surface area contributed by atoms with Crippen LogP contribution in [0.1, 0.15) is 0 Å². The monoisotopic (exact) mass is 188 g/mol. The van der Waals surface area contributed by atoms with E-state index >= 15 is 0 Å². The predicted octanol–water partition coefficient (Wildman–Crippen LogP) is 1.05. The van der Waals surface area contributed by atoms with Crippen molar-refractivity contribution in [1.82, 2.24) is 10.7 Å². The predicted molar refractivity (Wildman–Crippen MR) is 33.0 cm³/mol. The summed E-state index contributed by atoms with van der Waals surface area (Å²) < 4.78 is 46.3. The Morgan fingerprint density at radius 2 is 1.83 bits per heavy atom. The number of halogens is 4. The minimum atomic E-state index is -1.70. The van der Waals surface area contributed by atoms with E-state index in [4.69, 9.17) is 5.11 Å². The summed E-state index contributed by atoms with van der Waals surface area (Å²) in [6.45, 7) is -1.56. The van der Waals surface area contributed by atoms with Crippen LogP contribution in [0.25, 0.3) is 0 Å². The highest BCUT2D eigenvalue weighted by Gasteiger charge is 2.18. The Balaban J connectivity index is 3.95. The summed E-state index contributed by atoms with van der Waals surface area (Å²) in [4.78, 5) is 0. The molecule has 0 radical (unpaired) electrons. The molecule has 0 heterocycles. The van der Waals surface area contributed by atoms with Gasteiger partial charge >= 0.3 is 0 Å². The summed E-state index contributed by atoms with van der Waals surface area (Å²) in [7, 11) is 0. The standard InChI is InChI=1S/C5H8F4N2O/c6-10(7)4-5(11(8)9)2-1-3-12/h1-2,5,12H,3-4H2/b2-1+. The first kappa shape index (κ1) is 11.3. The van der Waals surface area contributed by atoms with Crippen molar-refractivity contribution in [3.63, 3.8) is 0 Å². The molecule has 0 amide bonds. The molecule has 72 valence electrons. The molecule has 0 aromatic carbocycles. The van der Waals surface area contributed by atoms with Gasteiger partial charge in [0.05, 0.1) is 13.2 Å². The van der Waals surface area contributed by atoms with E-state index in [2.05, 4.69) is 0 Å². The second-order valence-corrected chi connectivity index (χ2v) is 1.92. The van der Waals surface area contributed by atoms with Crippen LogP contribution in [0.15, 0.2) is 12.2 Å². The smallest absolute Gasteiger partial charge is 0.109 e. The first-order valence-corrected chi connectivity index (χ1v) is 3.05. The van der Waals surface area contributed by atoms with Gasteiger partial charge in [0.1, 0.15) is 6.04 Å². The third kappa shape index (κ3) is 5.05. The Morgan fingerprint density at radius 1 is 1.25 bits per heavy atom. The lowest BCUT2D eigenvalue weighted by atomic mass is 10.3. The molecule has 0 aliphatic carbocycles. The van der Waals surface area contributed by atoms with Gasteiger partial charge in [0.2, 0.25) is 0 Å². The van der Waals surface area contributed by atoms with Gasteiger partial charge in [-0.2, -0.15) is 0 Å². The first-order valence-electron chi connectivity index (χ1n) is 3.05. The molecule has 0 saturated heterocycles. The molecule has 1 atom stereocenters. The maximum atomic E-state index is 11.7. The van der Waals surface area contributed by atoms with E-state index in [1.54, 1.807) is 0 Å². The molecule has 0 fully saturated rings. The summed E-state index contributed by atoms with van der Waals surface area (Å²) in [5, 5.41) is 5.48. The van der Waals surface area contributed by atoms with Crippen molar-refractivity contribution >= 4 is 0 Å². The molecule has 12 heavy (non-hydrogen) atoms. The molecule has 0 aliphatic heterocycles. The van der Waals surface area contributed by atoms with Crippen molar-refractivity contribution < 1.29 is 23.0 Å². The Morgan fingerprint density at radius 3 is 2.17 bits per heavy atom. The fourth-order valence-corrected chi connectivity index (χ4v) is 0.547. The van der Waals surface area contributed by atoms with Crippen LogP contribution in [0.3, 0.4) is 0 Å². The van der Waals surface area contributed by atoms with Crippen LogP contribution in [0, 0.1) is 0 Å². The van der Waals surface area contributed by atoms with Crippen LogP contribution in [0.4, 0.5) is 17.9 Å². The van der Waals surface area contributed by atoms with Crippen molar-refractivity contribution in [2.75, 3.05) is 13.2 Å². The number of hydrogen-bond donors (Lipinski definition) is 1. The van der Waals surface area contributed by atoms with Crippen LogP contribution < -0.4 is 0 Å². The molecule has 0 bridgehead atoms. The molecule has 0 aromatic heterocycles. The first-order chi connectivity index (χ1) is 5.57. The summed E-state index contributed by atoms with van der Waals surface area (Å²) in [6.07, 6.45) is 1.77. The van der Waals surface area contributed by atoms with Gasteiger partial charge in [-0.1, -0.05) is 12.2 Å². The Kier molecular flexibility index (Phi) is 5.60. The molecular weight excluding hydrogens is 180 g/mol. The van der Waals surface area contributed by atoms with E-state index in [-0.39, 0.29) is 0 Å². The highest BCUT2D eigenvalue weighted by molar-refractivity contribution is 4.91. The molecule has 0 aliphatic rings. The maximum absolute atomic E-state index is 11.7. The summed E-state index contributed by atoms with van der Waals surface area (Å²) in [5.41, 5.74) is 0. The molecule has 1 unspecified atom stereocenters. The lowest BCUT2D eigenvalue weighted by Gasteiger charge is -2.11. The summed E-state index contributed by atoms with van der Waals surface area (Å²) in [5.74, 6) is 0. The lowest BCUT2D eigenvalue weighted by Crippen LogP contribution is -2.28. The van der Waals surface area contributed by atoms with Gasteiger partial charge in [-0.3, -0.25) is 0 Å². The fourth-order valence-electron chi connectivity index (χ4n) is 0.547. The zero-order chi connectivity index (χ0) is 9.56. The zero-order valence-electron chi connectivity index (χ0n) is 6.00. The molecule has 1 N–H and O–H groups in total. The van der Waals surface area contributed by atoms with E-state index in [1.807, 2.05) is 0 Å². The van der Waals surface area contributed by atoms with Crippen molar-refractivity contribution in [3.05, 3.63) is 12.2 Å². The second-order valence-electron chi connectivity index (χ2n) is 1.92. The topological polar surface area (TPSA) is 26.7 Å². The van der Waals surface area contributed by atoms with Crippen LogP contribution in [0.5, 0.6) is 0 Å². The van der Waals surface area contributed by atoms with Gasteiger partial charge in [-0.05, 0) is 0 Å². The number of hydrogen-bond acceptors (Lipinski definition) is 3. The minimum Gasteiger partial charge on any atom is -0.392 e. The average molecular weight is 188 g/mol. The van der Waals surface area contributed by atoms with E-state index < -0.39 is 29.9 Å². The normalized spacial score (nSPS) is 14.9. The molecule has 0 spiro atoms. The number of nitrogens with zero attached hydrogens (tertiary/aromatic N) is 2. The van der Waals surface area contributed by atoms with Crippen molar-refractivity contribution in [3.8, 4) is 0 Å². The Bertz CT molecular complexity index is 141. The van der Waals surface area contributed by atoms with Crippen LogP contribution in [0.2, 0.25) is 0 Å². The van der Waals surface area contributed by atoms with Gasteiger partial charge in [0.15, 0.2) is 0 Å². The van der Waals surface area contributed by atoms with Crippen molar-refractivity contribution in [1.29, 1.82) is 0 Å². The number of rotatable bonds is 5. The molecular formula is C5H8F4N2O. The van der Waals surface area contributed by atoms with Crippen LogP contribution in [-0.2, 0) is 0 Å². The minimum absolute atomic E-state index is 0.455. The summed E-state index contributed by atoms with van der Waals surface area (Å²) in [6, 6.07) is -1.70. The van der Waals surface area contributed by atoms with Gasteiger partial charge in [0, 0.05) is 10.7 Å².